The van der Waals surface area contributed by atoms with Gasteiger partial charge in [0, 0.05) is 18.2 Å². The summed E-state index contributed by atoms with van der Waals surface area (Å²) in [5.74, 6) is -1.00. The normalized spacial score (nSPS) is 10.4. The van der Waals surface area contributed by atoms with Gasteiger partial charge in [0.25, 0.3) is 0 Å². The first-order valence-corrected chi connectivity index (χ1v) is 5.23. The van der Waals surface area contributed by atoms with Crippen LogP contribution in [0.3, 0.4) is 0 Å². The Hall–Kier alpha value is -1.10. The van der Waals surface area contributed by atoms with E-state index in [1.807, 2.05) is 0 Å². The van der Waals surface area contributed by atoms with Crippen molar-refractivity contribution in [1.29, 1.82) is 0 Å². The smallest absolute Gasteiger partial charge is 0.335 e. The lowest BCUT2D eigenvalue weighted by molar-refractivity contribution is 0.0696. The fourth-order valence-electron chi connectivity index (χ4n) is 1.15. The molecule has 0 aromatic heterocycles. The number of hydrogen-bond donors (Lipinski definition) is 2. The first-order valence-electron chi connectivity index (χ1n) is 4.85. The quantitative estimate of drug-likeness (QED) is 0.751. The first-order chi connectivity index (χ1) is 7.65. The highest BCUT2D eigenvalue weighted by atomic mass is 35.5. The van der Waals surface area contributed by atoms with Gasteiger partial charge in [0.1, 0.15) is 0 Å². The van der Waals surface area contributed by atoms with Gasteiger partial charge in [-0.25, -0.2) is 4.79 Å². The molecule has 0 bridgehead atoms. The average molecular weight is 245 g/mol. The van der Waals surface area contributed by atoms with E-state index in [0.29, 0.717) is 24.7 Å². The van der Waals surface area contributed by atoms with E-state index in [9.17, 15) is 4.79 Å². The molecule has 0 radical (unpaired) electrons. The summed E-state index contributed by atoms with van der Waals surface area (Å²) in [6.07, 6.45) is 0.574. The van der Waals surface area contributed by atoms with E-state index in [1.54, 1.807) is 6.07 Å². The van der Waals surface area contributed by atoms with E-state index in [1.165, 1.54) is 12.1 Å². The van der Waals surface area contributed by atoms with Crippen LogP contribution in [0.1, 0.15) is 22.3 Å². The minimum absolute atomic E-state index is 0.0890. The predicted molar refractivity (Wildman–Crippen MR) is 59.8 cm³/mol. The molecular formula is C11H13ClO4. The zero-order valence-electron chi connectivity index (χ0n) is 8.65. The number of carbonyl (C=O) groups is 1. The number of aromatic carboxylic acids is 1. The molecule has 1 aromatic carbocycles. The molecule has 0 saturated heterocycles. The summed E-state index contributed by atoms with van der Waals surface area (Å²) in [6, 6.07) is 4.51. The van der Waals surface area contributed by atoms with Crippen molar-refractivity contribution in [2.75, 3.05) is 13.2 Å². The number of ether oxygens (including phenoxy) is 1. The molecule has 4 nitrogen and oxygen atoms in total. The third kappa shape index (κ3) is 3.81. The number of hydrogen-bond acceptors (Lipinski definition) is 3. The summed E-state index contributed by atoms with van der Waals surface area (Å²) in [6.45, 7) is 0.859. The Balaban J connectivity index is 2.57. The number of aliphatic hydroxyl groups excluding tert-OH is 1. The molecule has 0 aliphatic heterocycles. The number of benzene rings is 1. The molecule has 5 heteroatoms. The maximum atomic E-state index is 10.6. The molecule has 1 aromatic rings. The fraction of sp³-hybridized carbons (Fsp3) is 0.364. The van der Waals surface area contributed by atoms with Gasteiger partial charge in [-0.2, -0.15) is 0 Å². The molecule has 88 valence electrons. The van der Waals surface area contributed by atoms with Crippen molar-refractivity contribution in [2.24, 2.45) is 0 Å². The highest BCUT2D eigenvalue weighted by Gasteiger charge is 2.06. The Morgan fingerprint density at radius 2 is 2.19 bits per heavy atom. The van der Waals surface area contributed by atoms with E-state index in [0.717, 1.165) is 5.56 Å². The van der Waals surface area contributed by atoms with Crippen LogP contribution >= 0.6 is 11.6 Å². The lowest BCUT2D eigenvalue weighted by Gasteiger charge is -2.06. The van der Waals surface area contributed by atoms with E-state index < -0.39 is 5.97 Å². The van der Waals surface area contributed by atoms with Gasteiger partial charge in [0.15, 0.2) is 0 Å². The van der Waals surface area contributed by atoms with Crippen LogP contribution in [0.2, 0.25) is 5.02 Å². The minimum atomic E-state index is -1.00. The predicted octanol–water partition coefficient (Wildman–Crippen LogP) is 1.94. The minimum Gasteiger partial charge on any atom is -0.478 e. The van der Waals surface area contributed by atoms with Gasteiger partial charge in [-0.3, -0.25) is 0 Å². The van der Waals surface area contributed by atoms with Crippen molar-refractivity contribution < 1.29 is 19.7 Å². The molecule has 0 amide bonds. The molecule has 0 aliphatic rings. The summed E-state index contributed by atoms with van der Waals surface area (Å²) < 4.78 is 5.25. The number of rotatable bonds is 6. The summed E-state index contributed by atoms with van der Waals surface area (Å²) in [5, 5.41) is 17.7. The largest absolute Gasteiger partial charge is 0.478 e. The second-order valence-corrected chi connectivity index (χ2v) is 3.65. The summed E-state index contributed by atoms with van der Waals surface area (Å²) in [7, 11) is 0. The standard InChI is InChI=1S/C11H13ClO4/c12-10-6-8(11(14)15)2-3-9(10)7-16-5-1-4-13/h2-3,6,13H,1,4-5,7H2,(H,14,15). The van der Waals surface area contributed by atoms with Gasteiger partial charge in [-0.15, -0.1) is 0 Å². The molecule has 0 saturated carbocycles. The molecule has 0 atom stereocenters. The van der Waals surface area contributed by atoms with E-state index in [-0.39, 0.29) is 12.2 Å². The van der Waals surface area contributed by atoms with Gasteiger partial charge in [0.05, 0.1) is 12.2 Å². The van der Waals surface area contributed by atoms with Crippen LogP contribution in [0.4, 0.5) is 0 Å². The van der Waals surface area contributed by atoms with Crippen LogP contribution in [0.5, 0.6) is 0 Å². The second-order valence-electron chi connectivity index (χ2n) is 3.24. The molecule has 1 rings (SSSR count). The number of aliphatic hydroxyl groups is 1. The van der Waals surface area contributed by atoms with Crippen LogP contribution in [0.15, 0.2) is 18.2 Å². The van der Waals surface area contributed by atoms with Crippen molar-refractivity contribution >= 4 is 17.6 Å². The van der Waals surface area contributed by atoms with Gasteiger partial charge in [-0.05, 0) is 24.1 Å². The van der Waals surface area contributed by atoms with Crippen molar-refractivity contribution in [3.63, 3.8) is 0 Å². The summed E-state index contributed by atoms with van der Waals surface area (Å²) >= 11 is 5.89. The third-order valence-electron chi connectivity index (χ3n) is 2.00. The Labute approximate surface area is 98.4 Å². The Morgan fingerprint density at radius 3 is 2.75 bits per heavy atom. The fourth-order valence-corrected chi connectivity index (χ4v) is 1.38. The SMILES string of the molecule is O=C(O)c1ccc(COCCCO)c(Cl)c1. The van der Waals surface area contributed by atoms with Crippen molar-refractivity contribution in [1.82, 2.24) is 0 Å². The molecule has 0 aliphatic carbocycles. The maximum absolute atomic E-state index is 10.6. The molecule has 0 fully saturated rings. The van der Waals surface area contributed by atoms with Crippen LogP contribution in [-0.4, -0.2) is 29.4 Å². The lowest BCUT2D eigenvalue weighted by Crippen LogP contribution is -2.00. The molecule has 2 N–H and O–H groups in total. The van der Waals surface area contributed by atoms with E-state index in [4.69, 9.17) is 26.6 Å². The van der Waals surface area contributed by atoms with Crippen molar-refractivity contribution in [3.8, 4) is 0 Å². The summed E-state index contributed by atoms with van der Waals surface area (Å²) in [5.41, 5.74) is 0.897. The van der Waals surface area contributed by atoms with Crippen LogP contribution in [0.25, 0.3) is 0 Å². The van der Waals surface area contributed by atoms with Gasteiger partial charge in [0.2, 0.25) is 0 Å². The Kier molecular flexibility index (Phi) is 5.25. The first kappa shape index (κ1) is 13.0. The van der Waals surface area contributed by atoms with Crippen LogP contribution in [0, 0.1) is 0 Å². The lowest BCUT2D eigenvalue weighted by atomic mass is 10.1. The monoisotopic (exact) mass is 244 g/mol. The third-order valence-corrected chi connectivity index (χ3v) is 2.36. The zero-order valence-corrected chi connectivity index (χ0v) is 9.41. The zero-order chi connectivity index (χ0) is 12.0. The average Bonchev–Trinajstić information content (AvgIpc) is 2.26. The second kappa shape index (κ2) is 6.48. The van der Waals surface area contributed by atoms with E-state index in [2.05, 4.69) is 0 Å². The maximum Gasteiger partial charge on any atom is 0.335 e. The molecule has 0 heterocycles. The number of carboxylic acids is 1. The number of halogens is 1. The van der Waals surface area contributed by atoms with Gasteiger partial charge in [-0.1, -0.05) is 17.7 Å². The summed E-state index contributed by atoms with van der Waals surface area (Å²) in [4.78, 5) is 10.6. The topological polar surface area (TPSA) is 66.8 Å². The number of carboxylic acid groups (broad SMARTS) is 1. The van der Waals surface area contributed by atoms with Gasteiger partial charge < -0.3 is 14.9 Å². The van der Waals surface area contributed by atoms with Crippen molar-refractivity contribution in [3.05, 3.63) is 34.3 Å². The highest BCUT2D eigenvalue weighted by Crippen LogP contribution is 2.18. The van der Waals surface area contributed by atoms with E-state index >= 15 is 0 Å². The Bertz CT molecular complexity index is 365. The van der Waals surface area contributed by atoms with Gasteiger partial charge >= 0.3 is 5.97 Å². The molecule has 0 unspecified atom stereocenters. The molecule has 16 heavy (non-hydrogen) atoms. The van der Waals surface area contributed by atoms with Crippen LogP contribution in [-0.2, 0) is 11.3 Å². The molecule has 0 spiro atoms. The Morgan fingerprint density at radius 1 is 1.44 bits per heavy atom. The highest BCUT2D eigenvalue weighted by molar-refractivity contribution is 6.31. The van der Waals surface area contributed by atoms with Crippen LogP contribution < -0.4 is 0 Å². The molecular weight excluding hydrogens is 232 g/mol. The van der Waals surface area contributed by atoms with Crippen molar-refractivity contribution in [2.45, 2.75) is 13.0 Å².